The highest BCUT2D eigenvalue weighted by Crippen LogP contribution is 2.22. The first-order valence-electron chi connectivity index (χ1n) is 4.27. The van der Waals surface area contributed by atoms with E-state index in [4.69, 9.17) is 5.11 Å². The van der Waals surface area contributed by atoms with E-state index in [1.807, 2.05) is 0 Å². The van der Waals surface area contributed by atoms with E-state index in [-0.39, 0.29) is 13.0 Å². The largest absolute Gasteiger partial charge is 0.479 e. The van der Waals surface area contributed by atoms with Gasteiger partial charge in [0.05, 0.1) is 6.54 Å². The van der Waals surface area contributed by atoms with Gasteiger partial charge in [0.1, 0.15) is 5.54 Å². The summed E-state index contributed by atoms with van der Waals surface area (Å²) < 4.78 is 0. The first kappa shape index (κ1) is 10.5. The summed E-state index contributed by atoms with van der Waals surface area (Å²) in [6.07, 6.45) is 0.182. The molecule has 14 heavy (non-hydrogen) atoms. The zero-order chi connectivity index (χ0) is 10.9. The fourth-order valence-corrected chi connectivity index (χ4v) is 1.33. The van der Waals surface area contributed by atoms with Crippen molar-refractivity contribution in [3.8, 4) is 0 Å². The first-order valence-corrected chi connectivity index (χ1v) is 4.27. The van der Waals surface area contributed by atoms with Gasteiger partial charge in [0.15, 0.2) is 0 Å². The number of aliphatic carboxylic acids is 1. The molecule has 1 unspecified atom stereocenters. The highest BCUT2D eigenvalue weighted by molar-refractivity contribution is 6.06. The number of carboxylic acids is 1. The summed E-state index contributed by atoms with van der Waals surface area (Å²) in [5.74, 6) is -1.67. The fraction of sp³-hybridized carbons (Fsp3) is 0.625. The monoisotopic (exact) mass is 200 g/mol. The Kier molecular flexibility index (Phi) is 2.46. The Bertz CT molecular complexity index is 286. The molecule has 0 bridgehead atoms. The van der Waals surface area contributed by atoms with Crippen LogP contribution in [0.4, 0.5) is 4.79 Å². The Morgan fingerprint density at radius 2 is 2.21 bits per heavy atom. The molecule has 1 atom stereocenters. The molecule has 0 spiro atoms. The van der Waals surface area contributed by atoms with Crippen LogP contribution in [-0.2, 0) is 9.59 Å². The van der Waals surface area contributed by atoms with Gasteiger partial charge in [0.25, 0.3) is 5.91 Å². The van der Waals surface area contributed by atoms with Crippen molar-refractivity contribution in [2.45, 2.75) is 25.8 Å². The summed E-state index contributed by atoms with van der Waals surface area (Å²) in [5, 5.41) is 11.2. The van der Waals surface area contributed by atoms with Crippen molar-refractivity contribution in [2.75, 3.05) is 6.54 Å². The van der Waals surface area contributed by atoms with E-state index in [9.17, 15) is 14.4 Å². The van der Waals surface area contributed by atoms with E-state index in [1.54, 1.807) is 6.92 Å². The molecule has 1 aliphatic heterocycles. The average molecular weight is 200 g/mol. The molecule has 0 aromatic carbocycles. The van der Waals surface area contributed by atoms with Crippen molar-refractivity contribution in [2.24, 2.45) is 0 Å². The van der Waals surface area contributed by atoms with Crippen LogP contribution in [0.3, 0.4) is 0 Å². The van der Waals surface area contributed by atoms with Gasteiger partial charge in [-0.05, 0) is 13.3 Å². The molecule has 2 N–H and O–H groups in total. The molecule has 1 fully saturated rings. The van der Waals surface area contributed by atoms with E-state index >= 15 is 0 Å². The zero-order valence-electron chi connectivity index (χ0n) is 8.03. The second-order valence-electron chi connectivity index (χ2n) is 3.32. The lowest BCUT2D eigenvalue weighted by atomic mass is 9.97. The lowest BCUT2D eigenvalue weighted by Gasteiger charge is -2.31. The van der Waals surface area contributed by atoms with E-state index in [2.05, 4.69) is 5.32 Å². The maximum atomic E-state index is 11.3. The van der Waals surface area contributed by atoms with Crippen molar-refractivity contribution in [1.82, 2.24) is 10.2 Å². The first-order chi connectivity index (χ1) is 6.43. The number of urea groups is 1. The van der Waals surface area contributed by atoms with Gasteiger partial charge in [-0.3, -0.25) is 4.79 Å². The molecule has 0 saturated carbocycles. The van der Waals surface area contributed by atoms with E-state index in [0.717, 1.165) is 4.90 Å². The number of carbonyl (C=O) groups is 3. The fourth-order valence-electron chi connectivity index (χ4n) is 1.33. The highest BCUT2D eigenvalue weighted by Gasteiger charge is 2.47. The third-order valence-electron chi connectivity index (χ3n) is 2.49. The summed E-state index contributed by atoms with van der Waals surface area (Å²) >= 11 is 0. The second kappa shape index (κ2) is 3.28. The molecule has 3 amide bonds. The summed E-state index contributed by atoms with van der Waals surface area (Å²) in [4.78, 5) is 34.2. The lowest BCUT2D eigenvalue weighted by molar-refractivity contribution is -0.153. The molecule has 0 radical (unpaired) electrons. The van der Waals surface area contributed by atoms with Crippen LogP contribution in [0.2, 0.25) is 0 Å². The van der Waals surface area contributed by atoms with Crippen molar-refractivity contribution in [1.29, 1.82) is 0 Å². The van der Waals surface area contributed by atoms with Gasteiger partial charge in [0.2, 0.25) is 0 Å². The minimum Gasteiger partial charge on any atom is -0.479 e. The Morgan fingerprint density at radius 1 is 1.64 bits per heavy atom. The summed E-state index contributed by atoms with van der Waals surface area (Å²) in [5.41, 5.74) is -1.45. The minimum absolute atomic E-state index is 0.123. The van der Waals surface area contributed by atoms with Crippen LogP contribution in [0.1, 0.15) is 20.3 Å². The second-order valence-corrected chi connectivity index (χ2v) is 3.32. The highest BCUT2D eigenvalue weighted by atomic mass is 16.4. The van der Waals surface area contributed by atoms with Crippen LogP contribution in [0, 0.1) is 0 Å². The molecule has 78 valence electrons. The smallest absolute Gasteiger partial charge is 0.329 e. The number of rotatable bonds is 3. The van der Waals surface area contributed by atoms with Crippen LogP contribution in [0.25, 0.3) is 0 Å². The SMILES string of the molecule is CCC(C)(C(=O)O)N1C(=O)CNC1=O. The molecule has 1 aliphatic rings. The third kappa shape index (κ3) is 1.32. The molecular formula is C8H12N2O4. The number of amides is 3. The number of imide groups is 1. The van der Waals surface area contributed by atoms with Crippen LogP contribution in [-0.4, -0.2) is 40.0 Å². The lowest BCUT2D eigenvalue weighted by Crippen LogP contribution is -2.55. The third-order valence-corrected chi connectivity index (χ3v) is 2.49. The molecule has 6 heteroatoms. The molecule has 1 saturated heterocycles. The quantitative estimate of drug-likeness (QED) is 0.617. The van der Waals surface area contributed by atoms with Crippen LogP contribution in [0.5, 0.6) is 0 Å². The Morgan fingerprint density at radius 3 is 2.50 bits per heavy atom. The van der Waals surface area contributed by atoms with Crippen LogP contribution < -0.4 is 5.32 Å². The molecule has 1 rings (SSSR count). The molecule has 0 aromatic rings. The van der Waals surface area contributed by atoms with Crippen molar-refractivity contribution < 1.29 is 19.5 Å². The van der Waals surface area contributed by atoms with Gasteiger partial charge in [0, 0.05) is 0 Å². The van der Waals surface area contributed by atoms with Gasteiger partial charge in [-0.1, -0.05) is 6.92 Å². The number of carboxylic acid groups (broad SMARTS) is 1. The van der Waals surface area contributed by atoms with Crippen molar-refractivity contribution in [3.05, 3.63) is 0 Å². The number of hydrogen-bond donors (Lipinski definition) is 2. The van der Waals surface area contributed by atoms with E-state index in [0.29, 0.717) is 0 Å². The molecule has 0 aromatic heterocycles. The van der Waals surface area contributed by atoms with Gasteiger partial charge < -0.3 is 10.4 Å². The maximum absolute atomic E-state index is 11.3. The number of nitrogens with one attached hydrogen (secondary N) is 1. The molecule has 1 heterocycles. The van der Waals surface area contributed by atoms with Crippen molar-refractivity contribution in [3.63, 3.8) is 0 Å². The normalized spacial score (nSPS) is 20.6. The number of hydrogen-bond acceptors (Lipinski definition) is 3. The van der Waals surface area contributed by atoms with E-state index in [1.165, 1.54) is 6.92 Å². The van der Waals surface area contributed by atoms with Crippen LogP contribution >= 0.6 is 0 Å². The standard InChI is InChI=1S/C8H12N2O4/c1-3-8(2,6(12)13)10-5(11)4-9-7(10)14/h3-4H2,1-2H3,(H,9,14)(H,12,13). The Balaban J connectivity index is 3.05. The van der Waals surface area contributed by atoms with Gasteiger partial charge in [-0.15, -0.1) is 0 Å². The van der Waals surface area contributed by atoms with Crippen molar-refractivity contribution >= 4 is 17.9 Å². The Hall–Kier alpha value is -1.59. The minimum atomic E-state index is -1.45. The maximum Gasteiger partial charge on any atom is 0.329 e. The van der Waals surface area contributed by atoms with Gasteiger partial charge >= 0.3 is 12.0 Å². The predicted octanol–water partition coefficient (Wildman–Crippen LogP) is -0.209. The zero-order valence-corrected chi connectivity index (χ0v) is 8.03. The average Bonchev–Trinajstić information content (AvgIpc) is 2.45. The van der Waals surface area contributed by atoms with Gasteiger partial charge in [-0.2, -0.15) is 0 Å². The summed E-state index contributed by atoms with van der Waals surface area (Å²) in [7, 11) is 0. The molecule has 6 nitrogen and oxygen atoms in total. The summed E-state index contributed by atoms with van der Waals surface area (Å²) in [6, 6.07) is -0.637. The van der Waals surface area contributed by atoms with E-state index < -0.39 is 23.4 Å². The number of carbonyl (C=O) groups excluding carboxylic acids is 2. The Labute approximate surface area is 80.9 Å². The van der Waals surface area contributed by atoms with Gasteiger partial charge in [-0.25, -0.2) is 14.5 Å². The topological polar surface area (TPSA) is 86.7 Å². The molecule has 0 aliphatic carbocycles. The number of nitrogens with zero attached hydrogens (tertiary/aromatic N) is 1. The predicted molar refractivity (Wildman–Crippen MR) is 46.6 cm³/mol. The summed E-state index contributed by atoms with van der Waals surface area (Å²) in [6.45, 7) is 2.85. The molecular weight excluding hydrogens is 188 g/mol. The van der Waals surface area contributed by atoms with Crippen LogP contribution in [0.15, 0.2) is 0 Å².